The van der Waals surface area contributed by atoms with E-state index in [0.717, 1.165) is 21.0 Å². The largest absolute Gasteiger partial charge is 0.354 e. The van der Waals surface area contributed by atoms with Crippen molar-refractivity contribution < 1.29 is 18.0 Å². The van der Waals surface area contributed by atoms with Gasteiger partial charge in [-0.15, -0.1) is 0 Å². The summed E-state index contributed by atoms with van der Waals surface area (Å²) < 4.78 is 29.2. The fourth-order valence-corrected chi connectivity index (χ4v) is 6.02. The summed E-state index contributed by atoms with van der Waals surface area (Å²) in [6.45, 7) is 11.1. The van der Waals surface area contributed by atoms with Gasteiger partial charge in [0.05, 0.1) is 20.6 Å². The first kappa shape index (κ1) is 32.4. The minimum Gasteiger partial charge on any atom is -0.354 e. The lowest BCUT2D eigenvalue weighted by molar-refractivity contribution is -0.139. The van der Waals surface area contributed by atoms with Crippen LogP contribution in [0.25, 0.3) is 0 Å². The molecule has 0 aliphatic rings. The molecule has 0 heterocycles. The van der Waals surface area contributed by atoms with Gasteiger partial charge >= 0.3 is 0 Å². The number of nitrogens with one attached hydrogen (secondary N) is 1. The van der Waals surface area contributed by atoms with E-state index in [1.54, 1.807) is 49.4 Å². The van der Waals surface area contributed by atoms with Crippen LogP contribution in [0.2, 0.25) is 10.0 Å². The monoisotopic (exact) mass is 617 g/mol. The SMILES string of the molecule is Cc1ccc(S(=O)(=O)N(CC(=O)N(Cc2ccc(Cl)c(Cl)c2)[C@H](C)C(=O)NCC(C)C)c2cccc(C)c2C)cc1. The molecule has 0 aliphatic heterocycles. The quantitative estimate of drug-likeness (QED) is 0.273. The van der Waals surface area contributed by atoms with Gasteiger partial charge in [0, 0.05) is 13.1 Å². The number of anilines is 1. The van der Waals surface area contributed by atoms with Gasteiger partial charge in [0.15, 0.2) is 0 Å². The molecule has 0 fully saturated rings. The molecule has 3 aromatic rings. The third-order valence-electron chi connectivity index (χ3n) is 6.92. The molecule has 220 valence electrons. The van der Waals surface area contributed by atoms with Crippen LogP contribution in [0.1, 0.15) is 43.0 Å². The van der Waals surface area contributed by atoms with E-state index >= 15 is 0 Å². The molecule has 41 heavy (non-hydrogen) atoms. The van der Waals surface area contributed by atoms with E-state index in [9.17, 15) is 18.0 Å². The van der Waals surface area contributed by atoms with Crippen LogP contribution in [0.15, 0.2) is 65.6 Å². The van der Waals surface area contributed by atoms with Crippen LogP contribution >= 0.6 is 23.2 Å². The van der Waals surface area contributed by atoms with Gasteiger partial charge < -0.3 is 10.2 Å². The number of hydrogen-bond acceptors (Lipinski definition) is 4. The molecule has 0 aromatic heterocycles. The minimum absolute atomic E-state index is 0.0250. The molecule has 0 radical (unpaired) electrons. The molecule has 0 unspecified atom stereocenters. The molecule has 3 rings (SSSR count). The highest BCUT2D eigenvalue weighted by atomic mass is 35.5. The number of halogens is 2. The zero-order valence-corrected chi connectivity index (χ0v) is 26.6. The molecule has 7 nitrogen and oxygen atoms in total. The van der Waals surface area contributed by atoms with Gasteiger partial charge in [-0.25, -0.2) is 8.42 Å². The number of nitrogens with zero attached hydrogens (tertiary/aromatic N) is 2. The number of aryl methyl sites for hydroxylation is 2. The molecule has 0 saturated heterocycles. The van der Waals surface area contributed by atoms with Crippen molar-refractivity contribution in [3.8, 4) is 0 Å². The molecule has 1 N–H and O–H groups in total. The van der Waals surface area contributed by atoms with Crippen LogP contribution < -0.4 is 9.62 Å². The summed E-state index contributed by atoms with van der Waals surface area (Å²) in [6, 6.07) is 15.9. The molecular formula is C31H37Cl2N3O4S. The van der Waals surface area contributed by atoms with Gasteiger partial charge in [0.2, 0.25) is 11.8 Å². The normalized spacial score (nSPS) is 12.2. The summed E-state index contributed by atoms with van der Waals surface area (Å²) in [5.41, 5.74) is 3.57. The van der Waals surface area contributed by atoms with Gasteiger partial charge in [-0.1, -0.05) is 72.9 Å². The maximum atomic E-state index is 14.1. The summed E-state index contributed by atoms with van der Waals surface area (Å²) in [5.74, 6) is -0.670. The Morgan fingerprint density at radius 2 is 1.56 bits per heavy atom. The predicted octanol–water partition coefficient (Wildman–Crippen LogP) is 6.30. The smallest absolute Gasteiger partial charge is 0.264 e. The lowest BCUT2D eigenvalue weighted by Crippen LogP contribution is -2.51. The summed E-state index contributed by atoms with van der Waals surface area (Å²) in [5, 5.41) is 3.55. The third kappa shape index (κ3) is 8.03. The number of amides is 2. The van der Waals surface area contributed by atoms with Crippen LogP contribution in [0.4, 0.5) is 5.69 Å². The van der Waals surface area contributed by atoms with Crippen LogP contribution in [0.5, 0.6) is 0 Å². The average molecular weight is 619 g/mol. The van der Waals surface area contributed by atoms with Gasteiger partial charge in [0.1, 0.15) is 12.6 Å². The summed E-state index contributed by atoms with van der Waals surface area (Å²) >= 11 is 12.3. The van der Waals surface area contributed by atoms with Crippen molar-refractivity contribution >= 4 is 50.7 Å². The molecule has 0 aliphatic carbocycles. The Morgan fingerprint density at radius 3 is 2.17 bits per heavy atom. The molecular weight excluding hydrogens is 581 g/mol. The van der Waals surface area contributed by atoms with Crippen molar-refractivity contribution in [3.63, 3.8) is 0 Å². The molecule has 2 amide bonds. The second-order valence-electron chi connectivity index (χ2n) is 10.6. The van der Waals surface area contributed by atoms with Gasteiger partial charge in [0.25, 0.3) is 10.0 Å². The van der Waals surface area contributed by atoms with E-state index in [1.807, 2.05) is 40.7 Å². The average Bonchev–Trinajstić information content (AvgIpc) is 2.92. The minimum atomic E-state index is -4.14. The fraction of sp³-hybridized carbons (Fsp3) is 0.355. The topological polar surface area (TPSA) is 86.8 Å². The second kappa shape index (κ2) is 13.7. The Hall–Kier alpha value is -3.07. The molecule has 0 bridgehead atoms. The van der Waals surface area contributed by atoms with Gasteiger partial charge in [-0.3, -0.25) is 13.9 Å². The number of sulfonamides is 1. The lowest BCUT2D eigenvalue weighted by atomic mass is 10.1. The zero-order valence-electron chi connectivity index (χ0n) is 24.2. The van der Waals surface area contributed by atoms with E-state index in [-0.39, 0.29) is 23.3 Å². The maximum Gasteiger partial charge on any atom is 0.264 e. The van der Waals surface area contributed by atoms with E-state index in [4.69, 9.17) is 23.2 Å². The van der Waals surface area contributed by atoms with Crippen molar-refractivity contribution in [1.82, 2.24) is 10.2 Å². The Balaban J connectivity index is 2.07. The molecule has 10 heteroatoms. The number of carbonyl (C=O) groups excluding carboxylic acids is 2. The van der Waals surface area contributed by atoms with Crippen molar-refractivity contribution in [3.05, 3.63) is 93.0 Å². The van der Waals surface area contributed by atoms with Gasteiger partial charge in [-0.05, 0) is 80.6 Å². The van der Waals surface area contributed by atoms with Crippen molar-refractivity contribution in [2.45, 2.75) is 59.0 Å². The van der Waals surface area contributed by atoms with E-state index < -0.39 is 28.5 Å². The summed E-state index contributed by atoms with van der Waals surface area (Å²) in [6.07, 6.45) is 0. The number of hydrogen-bond donors (Lipinski definition) is 1. The molecule has 0 spiro atoms. The second-order valence-corrected chi connectivity index (χ2v) is 13.3. The van der Waals surface area contributed by atoms with E-state index in [1.165, 1.54) is 17.0 Å². The Labute approximate surface area is 253 Å². The van der Waals surface area contributed by atoms with Crippen molar-refractivity contribution in [1.29, 1.82) is 0 Å². The predicted molar refractivity (Wildman–Crippen MR) is 166 cm³/mol. The Bertz CT molecular complexity index is 1510. The van der Waals surface area contributed by atoms with Crippen LogP contribution in [0, 0.1) is 26.7 Å². The van der Waals surface area contributed by atoms with Crippen molar-refractivity contribution in [2.75, 3.05) is 17.4 Å². The number of benzene rings is 3. The fourth-order valence-electron chi connectivity index (χ4n) is 4.23. The highest BCUT2D eigenvalue weighted by Crippen LogP contribution is 2.30. The molecule has 1 atom stereocenters. The third-order valence-corrected chi connectivity index (χ3v) is 9.43. The molecule has 0 saturated carbocycles. The highest BCUT2D eigenvalue weighted by molar-refractivity contribution is 7.92. The standard InChI is InChI=1S/C31H37Cl2N3O4S/c1-20(2)17-34-31(38)24(6)35(18-25-12-15-27(32)28(33)16-25)30(37)19-36(29-9-7-8-22(4)23(29)5)41(39,40)26-13-10-21(3)11-14-26/h7-16,20,24H,17-19H2,1-6H3,(H,34,38)/t24-/m1/s1. The van der Waals surface area contributed by atoms with E-state index in [2.05, 4.69) is 5.32 Å². The van der Waals surface area contributed by atoms with Crippen LogP contribution in [0.3, 0.4) is 0 Å². The van der Waals surface area contributed by atoms with Crippen molar-refractivity contribution in [2.24, 2.45) is 5.92 Å². The first-order valence-corrected chi connectivity index (χ1v) is 15.6. The van der Waals surface area contributed by atoms with E-state index in [0.29, 0.717) is 27.8 Å². The summed E-state index contributed by atoms with van der Waals surface area (Å²) in [4.78, 5) is 28.6. The first-order valence-electron chi connectivity index (χ1n) is 13.4. The first-order chi connectivity index (χ1) is 19.2. The molecule has 3 aromatic carbocycles. The lowest BCUT2D eigenvalue weighted by Gasteiger charge is -2.32. The maximum absolute atomic E-state index is 14.1. The Morgan fingerprint density at radius 1 is 0.902 bits per heavy atom. The Kier molecular flexibility index (Phi) is 10.9. The van der Waals surface area contributed by atoms with Gasteiger partial charge in [-0.2, -0.15) is 0 Å². The zero-order chi connectivity index (χ0) is 30.5. The number of rotatable bonds is 11. The van der Waals surface area contributed by atoms with Crippen LogP contribution in [-0.4, -0.2) is 44.3 Å². The highest BCUT2D eigenvalue weighted by Gasteiger charge is 2.33. The number of carbonyl (C=O) groups is 2. The summed E-state index contributed by atoms with van der Waals surface area (Å²) in [7, 11) is -4.14. The van der Waals surface area contributed by atoms with Crippen LogP contribution in [-0.2, 0) is 26.2 Å².